The lowest BCUT2D eigenvalue weighted by atomic mass is 10.1. The number of hydrogen-bond acceptors (Lipinski definition) is 1. The van der Waals surface area contributed by atoms with Gasteiger partial charge < -0.3 is 10.3 Å². The van der Waals surface area contributed by atoms with Crippen molar-refractivity contribution in [1.29, 1.82) is 0 Å². The average molecular weight is 174 g/mol. The minimum absolute atomic E-state index is 0.0183. The molecule has 1 aromatic rings. The zero-order valence-electron chi connectivity index (χ0n) is 6.87. The van der Waals surface area contributed by atoms with Gasteiger partial charge in [-0.05, 0) is 12.1 Å². The second-order valence-electron chi connectivity index (χ2n) is 2.72. The first-order valence-electron chi connectivity index (χ1n) is 3.76. The van der Waals surface area contributed by atoms with Gasteiger partial charge in [0, 0.05) is 25.5 Å². The van der Waals surface area contributed by atoms with Crippen molar-refractivity contribution in [2.75, 3.05) is 6.54 Å². The molecule has 1 unspecified atom stereocenters. The SMILES string of the molecule is Cn1cccc1C(CN)C(F)F. The van der Waals surface area contributed by atoms with E-state index in [0.29, 0.717) is 5.69 Å². The lowest BCUT2D eigenvalue weighted by Crippen LogP contribution is -2.21. The van der Waals surface area contributed by atoms with Crippen molar-refractivity contribution in [1.82, 2.24) is 4.57 Å². The van der Waals surface area contributed by atoms with Crippen LogP contribution < -0.4 is 5.73 Å². The fourth-order valence-corrected chi connectivity index (χ4v) is 1.21. The lowest BCUT2D eigenvalue weighted by molar-refractivity contribution is 0.114. The summed E-state index contributed by atoms with van der Waals surface area (Å²) in [6, 6.07) is 3.41. The van der Waals surface area contributed by atoms with Crippen molar-refractivity contribution in [3.8, 4) is 0 Å². The van der Waals surface area contributed by atoms with E-state index in [-0.39, 0.29) is 6.54 Å². The third kappa shape index (κ3) is 1.64. The second-order valence-corrected chi connectivity index (χ2v) is 2.72. The Kier molecular flexibility index (Phi) is 2.81. The topological polar surface area (TPSA) is 30.9 Å². The number of aryl methyl sites for hydroxylation is 1. The molecule has 1 atom stereocenters. The molecule has 1 aromatic heterocycles. The van der Waals surface area contributed by atoms with E-state index in [9.17, 15) is 8.78 Å². The molecule has 0 fully saturated rings. The summed E-state index contributed by atoms with van der Waals surface area (Å²) in [5.41, 5.74) is 5.83. The molecule has 0 amide bonds. The molecule has 68 valence electrons. The van der Waals surface area contributed by atoms with Gasteiger partial charge in [0.25, 0.3) is 0 Å². The first kappa shape index (κ1) is 9.19. The van der Waals surface area contributed by atoms with E-state index < -0.39 is 12.3 Å². The molecule has 1 rings (SSSR count). The highest BCUT2D eigenvalue weighted by molar-refractivity contribution is 5.13. The largest absolute Gasteiger partial charge is 0.354 e. The van der Waals surface area contributed by atoms with E-state index in [1.807, 2.05) is 0 Å². The maximum absolute atomic E-state index is 12.3. The molecule has 0 bridgehead atoms. The monoisotopic (exact) mass is 174 g/mol. The summed E-state index contributed by atoms with van der Waals surface area (Å²) < 4.78 is 26.4. The van der Waals surface area contributed by atoms with Crippen LogP contribution in [0.25, 0.3) is 0 Å². The standard InChI is InChI=1S/C8H12F2N2/c1-12-4-2-3-7(12)6(5-11)8(9)10/h2-4,6,8H,5,11H2,1H3. The summed E-state index contributed by atoms with van der Waals surface area (Å²) >= 11 is 0. The zero-order chi connectivity index (χ0) is 9.14. The normalized spacial score (nSPS) is 13.8. The zero-order valence-corrected chi connectivity index (χ0v) is 6.87. The Hall–Kier alpha value is -0.900. The second kappa shape index (κ2) is 3.67. The van der Waals surface area contributed by atoms with Gasteiger partial charge in [-0.25, -0.2) is 8.78 Å². The number of alkyl halides is 2. The Morgan fingerprint density at radius 2 is 2.25 bits per heavy atom. The molecule has 0 spiro atoms. The van der Waals surface area contributed by atoms with Crippen molar-refractivity contribution < 1.29 is 8.78 Å². The number of hydrogen-bond donors (Lipinski definition) is 1. The number of aromatic nitrogens is 1. The highest BCUT2D eigenvalue weighted by Gasteiger charge is 2.22. The smallest absolute Gasteiger partial charge is 0.248 e. The first-order chi connectivity index (χ1) is 5.66. The van der Waals surface area contributed by atoms with Gasteiger partial charge in [-0.2, -0.15) is 0 Å². The Morgan fingerprint density at radius 1 is 1.58 bits per heavy atom. The van der Waals surface area contributed by atoms with Crippen molar-refractivity contribution in [2.24, 2.45) is 12.8 Å². The Labute approximate surface area is 70.0 Å². The summed E-state index contributed by atoms with van der Waals surface area (Å²) in [5.74, 6) is -0.843. The molecular weight excluding hydrogens is 162 g/mol. The van der Waals surface area contributed by atoms with Crippen LogP contribution in [-0.2, 0) is 7.05 Å². The molecule has 1 heterocycles. The Balaban J connectivity index is 2.87. The predicted molar refractivity (Wildman–Crippen MR) is 43.2 cm³/mol. The van der Waals surface area contributed by atoms with E-state index in [4.69, 9.17) is 5.73 Å². The van der Waals surface area contributed by atoms with Crippen molar-refractivity contribution in [3.05, 3.63) is 24.0 Å². The number of nitrogens with zero attached hydrogens (tertiary/aromatic N) is 1. The van der Waals surface area contributed by atoms with Gasteiger partial charge in [-0.1, -0.05) is 0 Å². The molecule has 0 saturated heterocycles. The maximum Gasteiger partial charge on any atom is 0.248 e. The van der Waals surface area contributed by atoms with Gasteiger partial charge in [0.1, 0.15) is 0 Å². The summed E-state index contributed by atoms with van der Waals surface area (Å²) in [5, 5.41) is 0. The van der Waals surface area contributed by atoms with Crippen LogP contribution in [0, 0.1) is 0 Å². The van der Waals surface area contributed by atoms with E-state index in [1.54, 1.807) is 29.9 Å². The molecule has 0 saturated carbocycles. The van der Waals surface area contributed by atoms with Crippen molar-refractivity contribution in [3.63, 3.8) is 0 Å². The van der Waals surface area contributed by atoms with Crippen molar-refractivity contribution >= 4 is 0 Å². The van der Waals surface area contributed by atoms with Crippen LogP contribution in [0.15, 0.2) is 18.3 Å². The Morgan fingerprint density at radius 3 is 2.58 bits per heavy atom. The minimum Gasteiger partial charge on any atom is -0.354 e. The molecular formula is C8H12F2N2. The first-order valence-corrected chi connectivity index (χ1v) is 3.76. The molecule has 0 aromatic carbocycles. The number of halogens is 2. The maximum atomic E-state index is 12.3. The van der Waals surface area contributed by atoms with Crippen LogP contribution in [0.3, 0.4) is 0 Å². The van der Waals surface area contributed by atoms with E-state index in [0.717, 1.165) is 0 Å². The lowest BCUT2D eigenvalue weighted by Gasteiger charge is -2.14. The van der Waals surface area contributed by atoms with Gasteiger partial charge in [0.15, 0.2) is 0 Å². The summed E-state index contributed by atoms with van der Waals surface area (Å²) in [6.45, 7) is -0.0183. The molecule has 0 radical (unpaired) electrons. The quantitative estimate of drug-likeness (QED) is 0.736. The van der Waals surface area contributed by atoms with E-state index >= 15 is 0 Å². The van der Waals surface area contributed by atoms with E-state index in [1.165, 1.54) is 0 Å². The third-order valence-electron chi connectivity index (χ3n) is 1.92. The molecule has 2 N–H and O–H groups in total. The molecule has 2 nitrogen and oxygen atoms in total. The molecule has 0 aliphatic heterocycles. The molecule has 0 aliphatic rings. The van der Waals surface area contributed by atoms with Gasteiger partial charge in [0.05, 0.1) is 5.92 Å². The average Bonchev–Trinajstić information content (AvgIpc) is 2.38. The van der Waals surface area contributed by atoms with Crippen LogP contribution in [0.2, 0.25) is 0 Å². The highest BCUT2D eigenvalue weighted by atomic mass is 19.3. The van der Waals surface area contributed by atoms with Gasteiger partial charge in [-0.15, -0.1) is 0 Å². The van der Waals surface area contributed by atoms with Crippen LogP contribution in [0.5, 0.6) is 0 Å². The van der Waals surface area contributed by atoms with Crippen LogP contribution in [0.1, 0.15) is 11.6 Å². The molecule has 0 aliphatic carbocycles. The van der Waals surface area contributed by atoms with Gasteiger partial charge >= 0.3 is 0 Å². The van der Waals surface area contributed by atoms with E-state index in [2.05, 4.69) is 0 Å². The van der Waals surface area contributed by atoms with Crippen LogP contribution in [0.4, 0.5) is 8.78 Å². The fourth-order valence-electron chi connectivity index (χ4n) is 1.21. The molecule has 12 heavy (non-hydrogen) atoms. The minimum atomic E-state index is -2.39. The summed E-state index contributed by atoms with van der Waals surface area (Å²) in [7, 11) is 1.74. The summed E-state index contributed by atoms with van der Waals surface area (Å²) in [4.78, 5) is 0. The predicted octanol–water partition coefficient (Wildman–Crippen LogP) is 1.33. The number of nitrogens with two attached hydrogens (primary N) is 1. The van der Waals surface area contributed by atoms with Gasteiger partial charge in [0.2, 0.25) is 6.43 Å². The highest BCUT2D eigenvalue weighted by Crippen LogP contribution is 2.21. The van der Waals surface area contributed by atoms with Crippen molar-refractivity contribution in [2.45, 2.75) is 12.3 Å². The third-order valence-corrected chi connectivity index (χ3v) is 1.92. The van der Waals surface area contributed by atoms with Crippen LogP contribution in [-0.4, -0.2) is 17.5 Å². The Bertz CT molecular complexity index is 245. The molecule has 4 heteroatoms. The van der Waals surface area contributed by atoms with Gasteiger partial charge in [-0.3, -0.25) is 0 Å². The van der Waals surface area contributed by atoms with Crippen LogP contribution >= 0.6 is 0 Å². The summed E-state index contributed by atoms with van der Waals surface area (Å²) in [6.07, 6.45) is -0.649. The fraction of sp³-hybridized carbons (Fsp3) is 0.500. The number of rotatable bonds is 3.